The molecule has 0 spiro atoms. The summed E-state index contributed by atoms with van der Waals surface area (Å²) in [6.45, 7) is 2.72. The van der Waals surface area contributed by atoms with E-state index in [0.717, 1.165) is 38.2 Å². The van der Waals surface area contributed by atoms with Gasteiger partial charge in [0.2, 0.25) is 0 Å². The molecule has 4 heteroatoms. The van der Waals surface area contributed by atoms with Gasteiger partial charge in [0.1, 0.15) is 5.82 Å². The Morgan fingerprint density at radius 1 is 1.33 bits per heavy atom. The van der Waals surface area contributed by atoms with Gasteiger partial charge >= 0.3 is 0 Å². The lowest BCUT2D eigenvalue weighted by Gasteiger charge is -2.34. The van der Waals surface area contributed by atoms with Crippen molar-refractivity contribution in [3.8, 4) is 6.07 Å². The highest BCUT2D eigenvalue weighted by Crippen LogP contribution is 2.24. The number of hydrogen-bond donors (Lipinski definition) is 0. The van der Waals surface area contributed by atoms with Crippen LogP contribution in [0, 0.1) is 17.1 Å². The molecule has 0 saturated heterocycles. The summed E-state index contributed by atoms with van der Waals surface area (Å²) in [4.78, 5) is 14.6. The molecule has 1 saturated carbocycles. The van der Waals surface area contributed by atoms with E-state index < -0.39 is 5.82 Å². The predicted octanol–water partition coefficient (Wildman–Crippen LogP) is 3.88. The van der Waals surface area contributed by atoms with Crippen molar-refractivity contribution in [1.29, 1.82) is 5.26 Å². The molecule has 21 heavy (non-hydrogen) atoms. The minimum absolute atomic E-state index is 0.153. The van der Waals surface area contributed by atoms with Crippen LogP contribution in [0.3, 0.4) is 0 Å². The van der Waals surface area contributed by atoms with Crippen LogP contribution < -0.4 is 0 Å². The lowest BCUT2D eigenvalue weighted by molar-refractivity contribution is 0.0633. The second kappa shape index (κ2) is 7.21. The van der Waals surface area contributed by atoms with Gasteiger partial charge in [-0.15, -0.1) is 0 Å². The molecule has 0 aromatic heterocycles. The molecular formula is C17H21FN2O. The molecule has 1 aliphatic rings. The number of hydrogen-bond acceptors (Lipinski definition) is 2. The number of amides is 1. The summed E-state index contributed by atoms with van der Waals surface area (Å²) in [5.74, 6) is -0.683. The highest BCUT2D eigenvalue weighted by molar-refractivity contribution is 5.94. The molecule has 1 aliphatic carbocycles. The van der Waals surface area contributed by atoms with Crippen LogP contribution in [0.5, 0.6) is 0 Å². The van der Waals surface area contributed by atoms with Crippen molar-refractivity contribution in [2.75, 3.05) is 6.54 Å². The molecule has 0 unspecified atom stereocenters. The number of nitrogens with zero attached hydrogens (tertiary/aromatic N) is 2. The Morgan fingerprint density at radius 2 is 2.05 bits per heavy atom. The van der Waals surface area contributed by atoms with E-state index in [-0.39, 0.29) is 23.1 Å². The lowest BCUT2D eigenvalue weighted by Crippen LogP contribution is -2.42. The van der Waals surface area contributed by atoms with Crippen molar-refractivity contribution in [3.05, 3.63) is 35.1 Å². The van der Waals surface area contributed by atoms with Crippen LogP contribution in [0.15, 0.2) is 18.2 Å². The first kappa shape index (κ1) is 15.5. The molecule has 1 fully saturated rings. The van der Waals surface area contributed by atoms with Gasteiger partial charge in [-0.25, -0.2) is 4.39 Å². The van der Waals surface area contributed by atoms with E-state index in [0.29, 0.717) is 6.54 Å². The van der Waals surface area contributed by atoms with Crippen molar-refractivity contribution < 1.29 is 9.18 Å². The molecule has 1 amide bonds. The summed E-state index contributed by atoms with van der Waals surface area (Å²) in [5, 5.41) is 8.92. The van der Waals surface area contributed by atoms with Crippen molar-refractivity contribution in [1.82, 2.24) is 4.90 Å². The fourth-order valence-corrected chi connectivity index (χ4v) is 3.03. The van der Waals surface area contributed by atoms with Gasteiger partial charge in [0.15, 0.2) is 0 Å². The molecule has 0 heterocycles. The number of benzene rings is 1. The Hall–Kier alpha value is -1.89. The Kier molecular flexibility index (Phi) is 5.32. The Labute approximate surface area is 125 Å². The fourth-order valence-electron chi connectivity index (χ4n) is 3.03. The van der Waals surface area contributed by atoms with Crippen molar-refractivity contribution in [2.24, 2.45) is 0 Å². The van der Waals surface area contributed by atoms with Crippen LogP contribution in [0.2, 0.25) is 0 Å². The first-order valence-electron chi connectivity index (χ1n) is 7.67. The normalized spacial score (nSPS) is 15.5. The zero-order valence-corrected chi connectivity index (χ0v) is 12.4. The Bertz CT molecular complexity index is 544. The van der Waals surface area contributed by atoms with Crippen LogP contribution in [-0.4, -0.2) is 23.4 Å². The first-order chi connectivity index (χ1) is 10.2. The van der Waals surface area contributed by atoms with E-state index in [4.69, 9.17) is 5.26 Å². The number of nitriles is 1. The maximum atomic E-state index is 13.5. The van der Waals surface area contributed by atoms with Crippen molar-refractivity contribution in [3.63, 3.8) is 0 Å². The number of halogens is 1. The van der Waals surface area contributed by atoms with Gasteiger partial charge in [-0.1, -0.05) is 26.2 Å². The maximum absolute atomic E-state index is 13.5. The monoisotopic (exact) mass is 288 g/mol. The maximum Gasteiger partial charge on any atom is 0.254 e. The standard InChI is InChI=1S/C17H21FN2O/c1-2-8-20(16-6-4-3-5-7-16)17(21)14-9-13(12-19)10-15(18)11-14/h9-11,16H,2-8H2,1H3. The van der Waals surface area contributed by atoms with Crippen LogP contribution in [0.25, 0.3) is 0 Å². The summed E-state index contributed by atoms with van der Waals surface area (Å²) < 4.78 is 13.5. The third-order valence-electron chi connectivity index (χ3n) is 4.01. The Morgan fingerprint density at radius 3 is 2.67 bits per heavy atom. The molecule has 112 valence electrons. The highest BCUT2D eigenvalue weighted by Gasteiger charge is 2.26. The van der Waals surface area contributed by atoms with E-state index in [1.54, 1.807) is 0 Å². The molecule has 0 N–H and O–H groups in total. The summed E-state index contributed by atoms with van der Waals surface area (Å²) >= 11 is 0. The molecular weight excluding hydrogens is 267 g/mol. The third kappa shape index (κ3) is 3.81. The second-order valence-corrected chi connectivity index (χ2v) is 5.63. The molecule has 1 aromatic rings. The lowest BCUT2D eigenvalue weighted by atomic mass is 9.93. The molecule has 0 aliphatic heterocycles. The molecule has 0 bridgehead atoms. The van der Waals surface area contributed by atoms with E-state index in [2.05, 4.69) is 0 Å². The van der Waals surface area contributed by atoms with Gasteiger partial charge in [0, 0.05) is 18.2 Å². The topological polar surface area (TPSA) is 44.1 Å². The number of rotatable bonds is 4. The number of carbonyl (C=O) groups excluding carboxylic acids is 1. The highest BCUT2D eigenvalue weighted by atomic mass is 19.1. The summed E-state index contributed by atoms with van der Waals surface area (Å²) in [7, 11) is 0. The quantitative estimate of drug-likeness (QED) is 0.843. The summed E-state index contributed by atoms with van der Waals surface area (Å²) in [6.07, 6.45) is 6.43. The first-order valence-corrected chi connectivity index (χ1v) is 7.67. The van der Waals surface area contributed by atoms with Gasteiger partial charge in [-0.2, -0.15) is 5.26 Å². The van der Waals surface area contributed by atoms with Gasteiger partial charge in [-0.05, 0) is 37.5 Å². The SMILES string of the molecule is CCCN(C(=O)c1cc(F)cc(C#N)c1)C1CCCCC1. The summed E-state index contributed by atoms with van der Waals surface area (Å²) in [5.41, 5.74) is 0.476. The van der Waals surface area contributed by atoms with E-state index in [1.807, 2.05) is 17.9 Å². The average molecular weight is 288 g/mol. The molecule has 2 rings (SSSR count). The van der Waals surface area contributed by atoms with Gasteiger partial charge in [0.05, 0.1) is 11.6 Å². The van der Waals surface area contributed by atoms with Crippen molar-refractivity contribution >= 4 is 5.91 Å². The van der Waals surface area contributed by atoms with Crippen LogP contribution in [0.4, 0.5) is 4.39 Å². The average Bonchev–Trinajstić information content (AvgIpc) is 2.52. The molecule has 3 nitrogen and oxygen atoms in total. The Balaban J connectivity index is 2.25. The minimum Gasteiger partial charge on any atom is -0.336 e. The van der Waals surface area contributed by atoms with Gasteiger partial charge < -0.3 is 4.90 Å². The minimum atomic E-state index is -0.530. The van der Waals surface area contributed by atoms with Gasteiger partial charge in [-0.3, -0.25) is 4.79 Å². The van der Waals surface area contributed by atoms with E-state index >= 15 is 0 Å². The largest absolute Gasteiger partial charge is 0.336 e. The predicted molar refractivity (Wildman–Crippen MR) is 79.3 cm³/mol. The molecule has 0 atom stereocenters. The molecule has 1 aromatic carbocycles. The molecule has 0 radical (unpaired) electrons. The van der Waals surface area contributed by atoms with Crippen LogP contribution >= 0.6 is 0 Å². The van der Waals surface area contributed by atoms with Crippen LogP contribution in [-0.2, 0) is 0 Å². The third-order valence-corrected chi connectivity index (χ3v) is 4.01. The second-order valence-electron chi connectivity index (χ2n) is 5.63. The van der Waals surface area contributed by atoms with Gasteiger partial charge in [0.25, 0.3) is 5.91 Å². The zero-order chi connectivity index (χ0) is 15.2. The fraction of sp³-hybridized carbons (Fsp3) is 0.529. The smallest absolute Gasteiger partial charge is 0.254 e. The van der Waals surface area contributed by atoms with E-state index in [1.165, 1.54) is 18.6 Å². The zero-order valence-electron chi connectivity index (χ0n) is 12.4. The van der Waals surface area contributed by atoms with Crippen LogP contribution in [0.1, 0.15) is 61.4 Å². The summed E-state index contributed by atoms with van der Waals surface area (Å²) in [6, 6.07) is 6.02. The number of carbonyl (C=O) groups is 1. The van der Waals surface area contributed by atoms with Crippen molar-refractivity contribution in [2.45, 2.75) is 51.5 Å². The van der Waals surface area contributed by atoms with E-state index in [9.17, 15) is 9.18 Å².